The largest absolute Gasteiger partial charge is 0.394 e. The summed E-state index contributed by atoms with van der Waals surface area (Å²) in [5.74, 6) is -1.68. The lowest BCUT2D eigenvalue weighted by molar-refractivity contribution is -0.142. The van der Waals surface area contributed by atoms with Gasteiger partial charge in [-0.3, -0.25) is 14.4 Å². The first-order valence-electron chi connectivity index (χ1n) is 11.7. The summed E-state index contributed by atoms with van der Waals surface area (Å²) in [6, 6.07) is 7.93. The van der Waals surface area contributed by atoms with E-state index in [9.17, 15) is 19.5 Å². The van der Waals surface area contributed by atoms with Gasteiger partial charge >= 0.3 is 0 Å². The summed E-state index contributed by atoms with van der Waals surface area (Å²) in [6.07, 6.45) is 3.57. The summed E-state index contributed by atoms with van der Waals surface area (Å²) in [6.45, 7) is 2.36. The minimum Gasteiger partial charge on any atom is -0.394 e. The number of unbranched alkanes of at least 4 members (excludes halogenated alkanes) is 2. The number of benzene rings is 1. The van der Waals surface area contributed by atoms with E-state index in [1.165, 1.54) is 0 Å². The molecule has 3 amide bonds. The molecule has 7 atom stereocenters. The van der Waals surface area contributed by atoms with Crippen molar-refractivity contribution < 1.29 is 19.5 Å². The number of fused-ring (bicyclic) bond motifs is 1. The number of nitrogens with one attached hydrogen (secondary N) is 2. The fraction of sp³-hybridized carbons (Fsp3) is 0.625. The van der Waals surface area contributed by atoms with Gasteiger partial charge in [0.25, 0.3) is 0 Å². The van der Waals surface area contributed by atoms with Crippen LogP contribution in [-0.2, 0) is 14.4 Å². The Balaban J connectivity index is 1.76. The lowest BCUT2D eigenvalue weighted by atomic mass is 9.70. The SMILES string of the molecule is CCCCCNC(=O)C1N([C@H](CO)c2ccccc2)C(=O)[C@@H]2[C@H](C(=O)NC)[C@H]3SC12CC3Br. The van der Waals surface area contributed by atoms with Crippen LogP contribution in [0.5, 0.6) is 0 Å². The van der Waals surface area contributed by atoms with E-state index in [4.69, 9.17) is 0 Å². The molecule has 1 aromatic rings. The minimum absolute atomic E-state index is 0.0356. The van der Waals surface area contributed by atoms with Gasteiger partial charge in [0.15, 0.2) is 0 Å². The molecule has 3 aliphatic rings. The zero-order chi connectivity index (χ0) is 23.8. The highest BCUT2D eigenvalue weighted by atomic mass is 79.9. The predicted octanol–water partition coefficient (Wildman–Crippen LogP) is 2.24. The summed E-state index contributed by atoms with van der Waals surface area (Å²) in [5.41, 5.74) is 0.778. The van der Waals surface area contributed by atoms with E-state index in [0.29, 0.717) is 13.0 Å². The van der Waals surface area contributed by atoms with E-state index in [0.717, 1.165) is 24.8 Å². The van der Waals surface area contributed by atoms with E-state index in [1.807, 2.05) is 30.3 Å². The highest BCUT2D eigenvalue weighted by Gasteiger charge is 2.76. The van der Waals surface area contributed by atoms with Gasteiger partial charge in [-0.2, -0.15) is 0 Å². The number of likely N-dealkylation sites (tertiary alicyclic amines) is 1. The highest BCUT2D eigenvalue weighted by molar-refractivity contribution is 9.09. The zero-order valence-corrected chi connectivity index (χ0v) is 21.4. The summed E-state index contributed by atoms with van der Waals surface area (Å²) in [5, 5.41) is 16.1. The molecule has 1 aromatic carbocycles. The molecule has 0 aliphatic carbocycles. The molecule has 180 valence electrons. The van der Waals surface area contributed by atoms with Gasteiger partial charge in [0.2, 0.25) is 17.7 Å². The summed E-state index contributed by atoms with van der Waals surface area (Å²) in [4.78, 5) is 42.2. The molecule has 3 N–H and O–H groups in total. The zero-order valence-electron chi connectivity index (χ0n) is 19.0. The van der Waals surface area contributed by atoms with Crippen LogP contribution in [0.1, 0.15) is 44.2 Å². The maximum atomic E-state index is 14.0. The first kappa shape index (κ1) is 24.5. The Hall–Kier alpha value is -1.58. The monoisotopic (exact) mass is 537 g/mol. The normalized spacial score (nSPS) is 33.2. The molecule has 2 bridgehead atoms. The number of rotatable bonds is 9. The van der Waals surface area contributed by atoms with Gasteiger partial charge in [0, 0.05) is 23.7 Å². The van der Waals surface area contributed by atoms with Gasteiger partial charge < -0.3 is 20.6 Å². The van der Waals surface area contributed by atoms with Crippen molar-refractivity contribution in [1.82, 2.24) is 15.5 Å². The van der Waals surface area contributed by atoms with Gasteiger partial charge in [-0.15, -0.1) is 11.8 Å². The summed E-state index contributed by atoms with van der Waals surface area (Å²) >= 11 is 5.35. The Morgan fingerprint density at radius 1 is 1.27 bits per heavy atom. The molecule has 0 aromatic heterocycles. The first-order chi connectivity index (χ1) is 15.9. The number of hydrogen-bond acceptors (Lipinski definition) is 5. The van der Waals surface area contributed by atoms with Crippen molar-refractivity contribution in [3.63, 3.8) is 0 Å². The molecule has 33 heavy (non-hydrogen) atoms. The van der Waals surface area contributed by atoms with Crippen LogP contribution in [0.3, 0.4) is 0 Å². The number of aliphatic hydroxyl groups is 1. The van der Waals surface area contributed by atoms with E-state index >= 15 is 0 Å². The Morgan fingerprint density at radius 2 is 2.00 bits per heavy atom. The van der Waals surface area contributed by atoms with Crippen molar-refractivity contribution in [2.45, 2.75) is 59.5 Å². The van der Waals surface area contributed by atoms with Gasteiger partial charge in [0.1, 0.15) is 6.04 Å². The van der Waals surface area contributed by atoms with Gasteiger partial charge in [-0.25, -0.2) is 0 Å². The number of carbonyl (C=O) groups excluding carboxylic acids is 3. The van der Waals surface area contributed by atoms with Crippen molar-refractivity contribution in [2.24, 2.45) is 11.8 Å². The Labute approximate surface area is 207 Å². The number of amides is 3. The quantitative estimate of drug-likeness (QED) is 0.331. The molecular weight excluding hydrogens is 506 g/mol. The van der Waals surface area contributed by atoms with Crippen molar-refractivity contribution >= 4 is 45.4 Å². The fourth-order valence-electron chi connectivity index (χ4n) is 5.88. The molecule has 3 fully saturated rings. The van der Waals surface area contributed by atoms with Crippen LogP contribution in [0.15, 0.2) is 30.3 Å². The van der Waals surface area contributed by atoms with Crippen molar-refractivity contribution in [2.75, 3.05) is 20.2 Å². The molecular formula is C24H32BrN3O4S. The van der Waals surface area contributed by atoms with Crippen LogP contribution in [0.2, 0.25) is 0 Å². The molecule has 0 radical (unpaired) electrons. The second-order valence-corrected chi connectivity index (χ2v) is 11.8. The van der Waals surface area contributed by atoms with Crippen LogP contribution in [0.4, 0.5) is 0 Å². The molecule has 4 rings (SSSR count). The lowest BCUT2D eigenvalue weighted by Gasteiger charge is -2.37. The number of hydrogen-bond donors (Lipinski definition) is 3. The van der Waals surface area contributed by atoms with Gasteiger partial charge in [0.05, 0.1) is 29.2 Å². The van der Waals surface area contributed by atoms with E-state index in [2.05, 4.69) is 33.5 Å². The van der Waals surface area contributed by atoms with Crippen LogP contribution >= 0.6 is 27.7 Å². The standard InChI is InChI=1S/C24H32BrN3O4S/c1-3-4-8-11-27-22(31)20-24-12-15(25)19(33-24)17(21(30)26-2)18(24)23(32)28(20)16(13-29)14-9-6-5-7-10-14/h5-7,9-10,15-20,29H,3-4,8,11-13H2,1-2H3,(H,26,30)(H,27,31)/t15?,16-,17+,18+,19+,20?,24?/m1/s1. The molecule has 9 heteroatoms. The minimum atomic E-state index is -0.751. The third-order valence-corrected chi connectivity index (χ3v) is 10.5. The molecule has 3 saturated heterocycles. The number of aliphatic hydroxyl groups excluding tert-OH is 1. The third kappa shape index (κ3) is 4.00. The van der Waals surface area contributed by atoms with Crippen LogP contribution < -0.4 is 10.6 Å². The molecule has 3 aliphatic heterocycles. The number of thioether (sulfide) groups is 1. The Bertz CT molecular complexity index is 903. The molecule has 3 unspecified atom stereocenters. The molecule has 1 spiro atoms. The third-order valence-electron chi connectivity index (χ3n) is 7.30. The topological polar surface area (TPSA) is 98.7 Å². The number of alkyl halides is 1. The number of carbonyl (C=O) groups is 3. The Morgan fingerprint density at radius 3 is 2.64 bits per heavy atom. The van der Waals surface area contributed by atoms with Gasteiger partial charge in [-0.05, 0) is 18.4 Å². The number of halogens is 1. The maximum absolute atomic E-state index is 14.0. The van der Waals surface area contributed by atoms with Crippen molar-refractivity contribution in [1.29, 1.82) is 0 Å². The Kier molecular flexibility index (Phi) is 7.41. The summed E-state index contributed by atoms with van der Waals surface area (Å²) in [7, 11) is 1.59. The average molecular weight is 539 g/mol. The van der Waals surface area contributed by atoms with Crippen LogP contribution in [0.25, 0.3) is 0 Å². The second-order valence-electron chi connectivity index (χ2n) is 9.13. The average Bonchev–Trinajstić information content (AvgIpc) is 3.41. The molecule has 3 heterocycles. The first-order valence-corrected chi connectivity index (χ1v) is 13.5. The molecule has 0 saturated carbocycles. The fourth-order valence-corrected chi connectivity index (χ4v) is 9.48. The van der Waals surface area contributed by atoms with Gasteiger partial charge in [-0.1, -0.05) is 66.0 Å². The van der Waals surface area contributed by atoms with Crippen molar-refractivity contribution in [3.05, 3.63) is 35.9 Å². The highest BCUT2D eigenvalue weighted by Crippen LogP contribution is 2.68. The maximum Gasteiger partial charge on any atom is 0.244 e. The number of nitrogens with zero attached hydrogens (tertiary/aromatic N) is 1. The molecule has 7 nitrogen and oxygen atoms in total. The summed E-state index contributed by atoms with van der Waals surface area (Å²) < 4.78 is -0.704. The second kappa shape index (κ2) is 9.96. The van der Waals surface area contributed by atoms with Crippen LogP contribution in [-0.4, -0.2) is 68.8 Å². The van der Waals surface area contributed by atoms with E-state index in [1.54, 1.807) is 23.7 Å². The van der Waals surface area contributed by atoms with Crippen LogP contribution in [0, 0.1) is 11.8 Å². The predicted molar refractivity (Wildman–Crippen MR) is 132 cm³/mol. The van der Waals surface area contributed by atoms with E-state index < -0.39 is 28.7 Å². The smallest absolute Gasteiger partial charge is 0.244 e. The lowest BCUT2D eigenvalue weighted by Crippen LogP contribution is -2.55. The van der Waals surface area contributed by atoms with Crippen molar-refractivity contribution in [3.8, 4) is 0 Å². The van der Waals surface area contributed by atoms with E-state index in [-0.39, 0.29) is 34.4 Å².